The van der Waals surface area contributed by atoms with Crippen LogP contribution in [0.15, 0.2) is 29.1 Å². The predicted molar refractivity (Wildman–Crippen MR) is 72.9 cm³/mol. The summed E-state index contributed by atoms with van der Waals surface area (Å²) in [6, 6.07) is 4.33. The number of hydrogen-bond donors (Lipinski definition) is 1. The van der Waals surface area contributed by atoms with Crippen molar-refractivity contribution in [3.8, 4) is 0 Å². The van der Waals surface area contributed by atoms with Crippen LogP contribution in [-0.4, -0.2) is 6.54 Å². The van der Waals surface area contributed by atoms with E-state index < -0.39 is 0 Å². The molecule has 2 rings (SSSR count). The van der Waals surface area contributed by atoms with Crippen LogP contribution in [0.25, 0.3) is 0 Å². The fourth-order valence-corrected chi connectivity index (χ4v) is 3.06. The molecule has 2 aromatic rings. The van der Waals surface area contributed by atoms with Crippen molar-refractivity contribution >= 4 is 22.9 Å². The molecular weight excluding hydrogens is 254 g/mol. The first-order valence-corrected chi connectivity index (χ1v) is 6.93. The first-order chi connectivity index (χ1) is 8.22. The van der Waals surface area contributed by atoms with Crippen LogP contribution in [0.3, 0.4) is 0 Å². The third-order valence-corrected chi connectivity index (χ3v) is 4.26. The molecule has 1 atom stereocenters. The summed E-state index contributed by atoms with van der Waals surface area (Å²) in [7, 11) is 0. The fraction of sp³-hybridized carbons (Fsp3) is 0.385. The number of halogens is 1. The van der Waals surface area contributed by atoms with Crippen molar-refractivity contribution in [2.75, 3.05) is 6.54 Å². The molecule has 0 aromatic carbocycles. The molecule has 0 aliphatic heterocycles. The highest BCUT2D eigenvalue weighted by molar-refractivity contribution is 7.16. The lowest BCUT2D eigenvalue weighted by Crippen LogP contribution is -2.21. The Labute approximate surface area is 111 Å². The Morgan fingerprint density at radius 1 is 1.53 bits per heavy atom. The molecule has 0 aliphatic carbocycles. The number of furan rings is 1. The van der Waals surface area contributed by atoms with Gasteiger partial charge in [-0.2, -0.15) is 0 Å². The largest absolute Gasteiger partial charge is 0.472 e. The number of hydrogen-bond acceptors (Lipinski definition) is 3. The zero-order chi connectivity index (χ0) is 12.3. The van der Waals surface area contributed by atoms with Crippen LogP contribution in [0.1, 0.15) is 35.4 Å². The van der Waals surface area contributed by atoms with Gasteiger partial charge in [-0.3, -0.25) is 0 Å². The highest BCUT2D eigenvalue weighted by Crippen LogP contribution is 2.34. The third kappa shape index (κ3) is 2.92. The van der Waals surface area contributed by atoms with Crippen LogP contribution in [0.5, 0.6) is 0 Å². The van der Waals surface area contributed by atoms with E-state index in [-0.39, 0.29) is 6.04 Å². The second kappa shape index (κ2) is 5.71. The van der Waals surface area contributed by atoms with Gasteiger partial charge in [0.25, 0.3) is 0 Å². The third-order valence-electron chi connectivity index (χ3n) is 2.64. The molecule has 0 fully saturated rings. The maximum absolute atomic E-state index is 6.14. The molecule has 2 heterocycles. The molecule has 4 heteroatoms. The molecule has 0 saturated heterocycles. The molecule has 2 aromatic heterocycles. The molecule has 2 nitrogen and oxygen atoms in total. The van der Waals surface area contributed by atoms with Gasteiger partial charge < -0.3 is 9.73 Å². The molecule has 0 bridgehead atoms. The molecule has 0 amide bonds. The second-order valence-electron chi connectivity index (χ2n) is 4.05. The Morgan fingerprint density at radius 3 is 2.88 bits per heavy atom. The topological polar surface area (TPSA) is 25.2 Å². The first-order valence-electron chi connectivity index (χ1n) is 5.73. The van der Waals surface area contributed by atoms with Crippen molar-refractivity contribution in [3.05, 3.63) is 45.0 Å². The molecule has 0 radical (unpaired) electrons. The van der Waals surface area contributed by atoms with Gasteiger partial charge >= 0.3 is 0 Å². The summed E-state index contributed by atoms with van der Waals surface area (Å²) in [6.07, 6.45) is 4.60. The van der Waals surface area contributed by atoms with Crippen LogP contribution in [0, 0.1) is 6.92 Å². The van der Waals surface area contributed by atoms with Crippen molar-refractivity contribution in [3.63, 3.8) is 0 Å². The number of nitrogens with one attached hydrogen (secondary N) is 1. The van der Waals surface area contributed by atoms with Gasteiger partial charge in [-0.15, -0.1) is 11.3 Å². The minimum atomic E-state index is 0.185. The lowest BCUT2D eigenvalue weighted by atomic mass is 10.1. The van der Waals surface area contributed by atoms with E-state index in [0.717, 1.165) is 28.4 Å². The van der Waals surface area contributed by atoms with E-state index in [9.17, 15) is 0 Å². The number of thiophene rings is 1. The van der Waals surface area contributed by atoms with Crippen LogP contribution in [-0.2, 0) is 0 Å². The van der Waals surface area contributed by atoms with Crippen molar-refractivity contribution in [1.29, 1.82) is 0 Å². The maximum atomic E-state index is 6.14. The maximum Gasteiger partial charge on any atom is 0.0961 e. The van der Waals surface area contributed by atoms with Crippen LogP contribution >= 0.6 is 22.9 Å². The average molecular weight is 270 g/mol. The Hall–Kier alpha value is -0.770. The molecule has 1 N–H and O–H groups in total. The summed E-state index contributed by atoms with van der Waals surface area (Å²) in [4.78, 5) is 1.24. The average Bonchev–Trinajstić information content (AvgIpc) is 2.92. The zero-order valence-electron chi connectivity index (χ0n) is 10.00. The lowest BCUT2D eigenvalue weighted by molar-refractivity contribution is 0.550. The number of aryl methyl sites for hydroxylation is 1. The van der Waals surface area contributed by atoms with E-state index in [4.69, 9.17) is 16.0 Å². The van der Waals surface area contributed by atoms with Gasteiger partial charge in [0.2, 0.25) is 0 Å². The van der Waals surface area contributed by atoms with Crippen molar-refractivity contribution in [1.82, 2.24) is 5.32 Å². The summed E-state index contributed by atoms with van der Waals surface area (Å²) in [6.45, 7) is 5.17. The van der Waals surface area contributed by atoms with Crippen molar-refractivity contribution in [2.45, 2.75) is 26.3 Å². The predicted octanol–water partition coefficient (Wildman–Crippen LogP) is 4.39. The Bertz CT molecular complexity index is 444. The summed E-state index contributed by atoms with van der Waals surface area (Å²) in [5, 5.41) is 3.52. The van der Waals surface area contributed by atoms with Crippen LogP contribution in [0.4, 0.5) is 0 Å². The van der Waals surface area contributed by atoms with E-state index >= 15 is 0 Å². The molecule has 17 heavy (non-hydrogen) atoms. The minimum Gasteiger partial charge on any atom is -0.472 e. The Balaban J connectivity index is 2.26. The molecule has 1 unspecified atom stereocenters. The van der Waals surface area contributed by atoms with Crippen molar-refractivity contribution in [2.24, 2.45) is 0 Å². The van der Waals surface area contributed by atoms with Gasteiger partial charge in [0.05, 0.1) is 22.9 Å². The molecule has 0 spiro atoms. The van der Waals surface area contributed by atoms with Gasteiger partial charge in [-0.25, -0.2) is 0 Å². The minimum absolute atomic E-state index is 0.185. The highest BCUT2D eigenvalue weighted by Gasteiger charge is 2.17. The monoisotopic (exact) mass is 269 g/mol. The normalized spacial score (nSPS) is 12.9. The fourth-order valence-electron chi connectivity index (χ4n) is 1.74. The molecule has 0 aliphatic rings. The van der Waals surface area contributed by atoms with Gasteiger partial charge in [-0.05, 0) is 37.6 Å². The van der Waals surface area contributed by atoms with E-state index in [0.29, 0.717) is 0 Å². The van der Waals surface area contributed by atoms with E-state index in [2.05, 4.69) is 18.3 Å². The van der Waals surface area contributed by atoms with Crippen LogP contribution < -0.4 is 5.32 Å². The second-order valence-corrected chi connectivity index (χ2v) is 5.74. The Morgan fingerprint density at radius 2 is 2.35 bits per heavy atom. The van der Waals surface area contributed by atoms with E-state index in [1.165, 1.54) is 4.88 Å². The number of rotatable bonds is 5. The molecule has 0 saturated carbocycles. The van der Waals surface area contributed by atoms with Gasteiger partial charge in [0, 0.05) is 10.4 Å². The summed E-state index contributed by atoms with van der Waals surface area (Å²) < 4.78 is 6.03. The first kappa shape index (κ1) is 12.7. The van der Waals surface area contributed by atoms with E-state index in [1.807, 2.05) is 13.0 Å². The van der Waals surface area contributed by atoms with Crippen molar-refractivity contribution < 1.29 is 4.42 Å². The standard InChI is InChI=1S/C13H16ClNOS/c1-3-5-15-12(10-4-6-16-8-10)11-7-9(2)13(14)17-11/h4,6-8,12,15H,3,5H2,1-2H3. The molecule has 92 valence electrons. The van der Waals surface area contributed by atoms with Gasteiger partial charge in [0.1, 0.15) is 0 Å². The van der Waals surface area contributed by atoms with Gasteiger partial charge in [-0.1, -0.05) is 18.5 Å². The van der Waals surface area contributed by atoms with E-state index in [1.54, 1.807) is 23.9 Å². The zero-order valence-corrected chi connectivity index (χ0v) is 11.6. The quantitative estimate of drug-likeness (QED) is 0.871. The Kier molecular flexibility index (Phi) is 4.26. The van der Waals surface area contributed by atoms with Gasteiger partial charge in [0.15, 0.2) is 0 Å². The highest BCUT2D eigenvalue weighted by atomic mass is 35.5. The molecular formula is C13H16ClNOS. The summed E-state index contributed by atoms with van der Waals surface area (Å²) in [5.41, 5.74) is 2.29. The SMILES string of the molecule is CCCNC(c1ccoc1)c1cc(C)c(Cl)s1. The van der Waals surface area contributed by atoms with Crippen LogP contribution in [0.2, 0.25) is 4.34 Å². The lowest BCUT2D eigenvalue weighted by Gasteiger charge is -2.15. The summed E-state index contributed by atoms with van der Waals surface area (Å²) in [5.74, 6) is 0. The summed E-state index contributed by atoms with van der Waals surface area (Å²) >= 11 is 7.77. The smallest absolute Gasteiger partial charge is 0.0961 e.